The number of carboxylic acids is 1. The summed E-state index contributed by atoms with van der Waals surface area (Å²) in [4.78, 5) is 10.7. The molecule has 2 N–H and O–H groups in total. The van der Waals surface area contributed by atoms with Gasteiger partial charge in [-0.2, -0.15) is 0 Å². The summed E-state index contributed by atoms with van der Waals surface area (Å²) in [5, 5.41) is 17.5. The van der Waals surface area contributed by atoms with Crippen molar-refractivity contribution in [3.8, 4) is 5.75 Å². The van der Waals surface area contributed by atoms with Crippen LogP contribution in [-0.2, 0) is 0 Å². The van der Waals surface area contributed by atoms with Gasteiger partial charge in [-0.3, -0.25) is 0 Å². The molecule has 0 saturated carbocycles. The number of benzene rings is 1. The number of hydrogen-bond donors (Lipinski definition) is 2. The standard InChI is InChI=1S/C14H20O4/c1-11(3-2-9-15)8-10-18-13-6-4-12(5-7-13)14(16)17/h4-7,11,15H,2-3,8-10H2,1H3,(H,16,17)/t11-/m1/s1. The molecule has 4 nitrogen and oxygen atoms in total. The number of aliphatic hydroxyl groups is 1. The molecular weight excluding hydrogens is 232 g/mol. The van der Waals surface area contributed by atoms with E-state index in [0.29, 0.717) is 18.3 Å². The van der Waals surface area contributed by atoms with Crippen LogP contribution in [0.5, 0.6) is 5.75 Å². The third-order valence-corrected chi connectivity index (χ3v) is 2.84. The Bertz CT molecular complexity index is 359. The molecule has 1 aromatic rings. The van der Waals surface area contributed by atoms with Gasteiger partial charge in [0.15, 0.2) is 0 Å². The van der Waals surface area contributed by atoms with Gasteiger partial charge in [0.1, 0.15) is 5.75 Å². The second-order valence-corrected chi connectivity index (χ2v) is 4.44. The minimum absolute atomic E-state index is 0.238. The van der Waals surface area contributed by atoms with Gasteiger partial charge >= 0.3 is 5.97 Å². The van der Waals surface area contributed by atoms with Crippen LogP contribution in [0.2, 0.25) is 0 Å². The molecule has 0 bridgehead atoms. The Balaban J connectivity index is 2.29. The Hall–Kier alpha value is -1.55. The van der Waals surface area contributed by atoms with E-state index < -0.39 is 5.97 Å². The van der Waals surface area contributed by atoms with Crippen LogP contribution in [0, 0.1) is 5.92 Å². The highest BCUT2D eigenvalue weighted by Gasteiger charge is 2.04. The van der Waals surface area contributed by atoms with Gasteiger partial charge < -0.3 is 14.9 Å². The first-order chi connectivity index (χ1) is 8.63. The van der Waals surface area contributed by atoms with E-state index in [1.807, 2.05) is 0 Å². The summed E-state index contributed by atoms with van der Waals surface area (Å²) in [6.45, 7) is 2.98. The maximum absolute atomic E-state index is 10.7. The van der Waals surface area contributed by atoms with E-state index in [4.69, 9.17) is 14.9 Å². The van der Waals surface area contributed by atoms with Crippen LogP contribution >= 0.6 is 0 Å². The largest absolute Gasteiger partial charge is 0.494 e. The average Bonchev–Trinajstić information content (AvgIpc) is 2.37. The van der Waals surface area contributed by atoms with Gasteiger partial charge in [-0.25, -0.2) is 4.79 Å². The fourth-order valence-corrected chi connectivity index (χ4v) is 1.66. The highest BCUT2D eigenvalue weighted by atomic mass is 16.5. The van der Waals surface area contributed by atoms with Crippen LogP contribution in [0.25, 0.3) is 0 Å². The maximum Gasteiger partial charge on any atom is 0.335 e. The first-order valence-corrected chi connectivity index (χ1v) is 6.20. The van der Waals surface area contributed by atoms with Crippen molar-refractivity contribution in [2.75, 3.05) is 13.2 Å². The number of ether oxygens (including phenoxy) is 1. The number of carbonyl (C=O) groups is 1. The second kappa shape index (κ2) is 7.71. The van der Waals surface area contributed by atoms with Gasteiger partial charge in [-0.1, -0.05) is 6.92 Å². The molecule has 1 atom stereocenters. The molecule has 0 heterocycles. The summed E-state index contributed by atoms with van der Waals surface area (Å²) in [5.74, 6) is 0.281. The minimum atomic E-state index is -0.931. The molecule has 0 aliphatic heterocycles. The Labute approximate surface area is 107 Å². The van der Waals surface area contributed by atoms with Crippen molar-refractivity contribution < 1.29 is 19.7 Å². The smallest absolute Gasteiger partial charge is 0.335 e. The average molecular weight is 252 g/mol. The van der Waals surface area contributed by atoms with Crippen LogP contribution in [0.15, 0.2) is 24.3 Å². The Kier molecular flexibility index (Phi) is 6.22. The SMILES string of the molecule is C[C@H](CCCO)CCOc1ccc(C(=O)O)cc1. The predicted molar refractivity (Wildman–Crippen MR) is 69.0 cm³/mol. The molecular formula is C14H20O4. The molecule has 0 aliphatic rings. The Morgan fingerprint density at radius 2 is 1.94 bits per heavy atom. The highest BCUT2D eigenvalue weighted by Crippen LogP contribution is 2.15. The quantitative estimate of drug-likeness (QED) is 0.746. The minimum Gasteiger partial charge on any atom is -0.494 e. The van der Waals surface area contributed by atoms with Crippen molar-refractivity contribution in [3.05, 3.63) is 29.8 Å². The second-order valence-electron chi connectivity index (χ2n) is 4.44. The first-order valence-electron chi connectivity index (χ1n) is 6.20. The molecule has 0 fully saturated rings. The molecule has 1 aromatic carbocycles. The van der Waals surface area contributed by atoms with Gasteiger partial charge in [0.2, 0.25) is 0 Å². The van der Waals surface area contributed by atoms with Gasteiger partial charge in [0.25, 0.3) is 0 Å². The molecule has 18 heavy (non-hydrogen) atoms. The summed E-state index contributed by atoms with van der Waals surface area (Å²) >= 11 is 0. The predicted octanol–water partition coefficient (Wildman–Crippen LogP) is 2.56. The molecule has 0 radical (unpaired) electrons. The maximum atomic E-state index is 10.7. The van der Waals surface area contributed by atoms with Crippen molar-refractivity contribution in [2.45, 2.75) is 26.2 Å². The van der Waals surface area contributed by atoms with Crippen LogP contribution in [0.4, 0.5) is 0 Å². The lowest BCUT2D eigenvalue weighted by Gasteiger charge is -2.11. The van der Waals surface area contributed by atoms with Gasteiger partial charge in [-0.15, -0.1) is 0 Å². The molecule has 0 amide bonds. The van der Waals surface area contributed by atoms with E-state index in [1.165, 1.54) is 12.1 Å². The number of aliphatic hydroxyl groups excluding tert-OH is 1. The third kappa shape index (κ3) is 5.19. The van der Waals surface area contributed by atoms with E-state index >= 15 is 0 Å². The molecule has 0 aliphatic carbocycles. The zero-order valence-electron chi connectivity index (χ0n) is 10.6. The van der Waals surface area contributed by atoms with Crippen molar-refractivity contribution in [3.63, 3.8) is 0 Å². The van der Waals surface area contributed by atoms with E-state index in [-0.39, 0.29) is 12.2 Å². The van der Waals surface area contributed by atoms with Gasteiger partial charge in [-0.05, 0) is 49.4 Å². The Morgan fingerprint density at radius 1 is 1.28 bits per heavy atom. The van der Waals surface area contributed by atoms with Gasteiger partial charge in [0.05, 0.1) is 12.2 Å². The summed E-state index contributed by atoms with van der Waals surface area (Å²) in [6.07, 6.45) is 2.76. The summed E-state index contributed by atoms with van der Waals surface area (Å²) in [5.41, 5.74) is 0.263. The molecule has 0 aromatic heterocycles. The van der Waals surface area contributed by atoms with Crippen LogP contribution < -0.4 is 4.74 Å². The normalized spacial score (nSPS) is 12.1. The zero-order valence-corrected chi connectivity index (χ0v) is 10.6. The van der Waals surface area contributed by atoms with Crippen molar-refractivity contribution in [2.24, 2.45) is 5.92 Å². The summed E-state index contributed by atoms with van der Waals surface area (Å²) < 4.78 is 5.54. The van der Waals surface area contributed by atoms with Crippen molar-refractivity contribution in [1.82, 2.24) is 0 Å². The summed E-state index contributed by atoms with van der Waals surface area (Å²) in [7, 11) is 0. The van der Waals surface area contributed by atoms with E-state index in [0.717, 1.165) is 19.3 Å². The molecule has 0 unspecified atom stereocenters. The molecule has 0 saturated heterocycles. The number of hydrogen-bond acceptors (Lipinski definition) is 3. The lowest BCUT2D eigenvalue weighted by molar-refractivity contribution is 0.0697. The van der Waals surface area contributed by atoms with Crippen LogP contribution in [-0.4, -0.2) is 29.4 Å². The van der Waals surface area contributed by atoms with Crippen LogP contribution in [0.1, 0.15) is 36.5 Å². The van der Waals surface area contributed by atoms with Crippen molar-refractivity contribution in [1.29, 1.82) is 0 Å². The van der Waals surface area contributed by atoms with E-state index in [9.17, 15) is 4.79 Å². The molecule has 1 rings (SSSR count). The van der Waals surface area contributed by atoms with Crippen molar-refractivity contribution >= 4 is 5.97 Å². The molecule has 0 spiro atoms. The number of carboxylic acid groups (broad SMARTS) is 1. The van der Waals surface area contributed by atoms with Crippen LogP contribution in [0.3, 0.4) is 0 Å². The monoisotopic (exact) mass is 252 g/mol. The topological polar surface area (TPSA) is 66.8 Å². The first kappa shape index (κ1) is 14.5. The van der Waals surface area contributed by atoms with E-state index in [2.05, 4.69) is 6.92 Å². The Morgan fingerprint density at radius 3 is 2.50 bits per heavy atom. The number of rotatable bonds is 8. The lowest BCUT2D eigenvalue weighted by Crippen LogP contribution is -2.05. The zero-order chi connectivity index (χ0) is 13.4. The highest BCUT2D eigenvalue weighted by molar-refractivity contribution is 5.87. The molecule has 4 heteroatoms. The summed E-state index contributed by atoms with van der Waals surface area (Å²) in [6, 6.07) is 6.41. The third-order valence-electron chi connectivity index (χ3n) is 2.84. The fraction of sp³-hybridized carbons (Fsp3) is 0.500. The lowest BCUT2D eigenvalue weighted by atomic mass is 10.0. The van der Waals surface area contributed by atoms with E-state index in [1.54, 1.807) is 12.1 Å². The van der Waals surface area contributed by atoms with Gasteiger partial charge in [0, 0.05) is 6.61 Å². The number of aromatic carboxylic acids is 1. The fourth-order valence-electron chi connectivity index (χ4n) is 1.66. The molecule has 100 valence electrons.